The Morgan fingerprint density at radius 3 is 1.68 bits per heavy atom. The molecule has 0 bridgehead atoms. The maximum Gasteiger partial charge on any atom is 0.451 e. The van der Waals surface area contributed by atoms with Gasteiger partial charge in [0.15, 0.2) is 9.84 Å². The minimum Gasteiger partial charge on any atom is -0.224 e. The fourth-order valence-corrected chi connectivity index (χ4v) is 4.53. The van der Waals surface area contributed by atoms with Crippen LogP contribution in [0.1, 0.15) is 5.82 Å². The molecular weight excluding hydrogens is 481 g/mol. The van der Waals surface area contributed by atoms with Crippen LogP contribution in [-0.4, -0.2) is 30.9 Å². The van der Waals surface area contributed by atoms with Crippen molar-refractivity contribution < 1.29 is 21.6 Å². The number of hydrogen-bond donors (Lipinski definition) is 0. The van der Waals surface area contributed by atoms with Crippen LogP contribution in [-0.2, 0) is 16.0 Å². The van der Waals surface area contributed by atoms with E-state index >= 15 is 0 Å². The van der Waals surface area contributed by atoms with Crippen LogP contribution in [0.2, 0.25) is 0 Å². The number of nitrogens with zero attached hydrogens (tertiary/aromatic N) is 2. The number of alkyl halides is 3. The van der Waals surface area contributed by atoms with Gasteiger partial charge in [-0.1, -0.05) is 54.6 Å². The van der Waals surface area contributed by atoms with Crippen molar-refractivity contribution in [2.45, 2.75) is 16.0 Å². The lowest BCUT2D eigenvalue weighted by atomic mass is 9.94. The highest BCUT2D eigenvalue weighted by Crippen LogP contribution is 2.41. The van der Waals surface area contributed by atoms with Gasteiger partial charge in [0.25, 0.3) is 0 Å². The number of rotatable bonds is 5. The molecule has 0 spiro atoms. The van der Waals surface area contributed by atoms with Gasteiger partial charge in [-0.15, -0.1) is 11.8 Å². The molecule has 0 saturated carbocycles. The highest BCUT2D eigenvalue weighted by atomic mass is 32.2. The average Bonchev–Trinajstić information content (AvgIpc) is 2.83. The normalized spacial score (nSPS) is 12.0. The van der Waals surface area contributed by atoms with Crippen LogP contribution in [0.5, 0.6) is 0 Å². The van der Waals surface area contributed by atoms with Crippen LogP contribution in [0, 0.1) is 0 Å². The number of aromatic nitrogens is 2. The van der Waals surface area contributed by atoms with Crippen molar-refractivity contribution in [3.8, 4) is 33.6 Å². The second-order valence-corrected chi connectivity index (χ2v) is 10.4. The summed E-state index contributed by atoms with van der Waals surface area (Å²) in [5.41, 5.74) is 2.14. The van der Waals surface area contributed by atoms with Crippen LogP contribution in [0.3, 0.4) is 0 Å². The molecule has 4 nitrogen and oxygen atoms in total. The van der Waals surface area contributed by atoms with E-state index in [1.165, 1.54) is 36.0 Å². The fraction of sp³-hybridized carbons (Fsp3) is 0.120. The van der Waals surface area contributed by atoms with Gasteiger partial charge < -0.3 is 0 Å². The molecule has 34 heavy (non-hydrogen) atoms. The Bertz CT molecular complexity index is 1420. The summed E-state index contributed by atoms with van der Waals surface area (Å²) in [7, 11) is -3.47. The van der Waals surface area contributed by atoms with E-state index in [0.29, 0.717) is 22.3 Å². The number of hydrogen-bond acceptors (Lipinski definition) is 5. The first kappa shape index (κ1) is 24.0. The zero-order valence-corrected chi connectivity index (χ0v) is 19.8. The molecule has 174 valence electrons. The van der Waals surface area contributed by atoms with E-state index in [9.17, 15) is 21.6 Å². The predicted molar refractivity (Wildman–Crippen MR) is 128 cm³/mol. The molecule has 3 aromatic carbocycles. The Morgan fingerprint density at radius 1 is 0.735 bits per heavy atom. The molecule has 0 aliphatic carbocycles. The van der Waals surface area contributed by atoms with Gasteiger partial charge in [-0.2, -0.15) is 13.2 Å². The third kappa shape index (κ3) is 5.00. The first-order chi connectivity index (χ1) is 16.1. The summed E-state index contributed by atoms with van der Waals surface area (Å²) < 4.78 is 65.3. The van der Waals surface area contributed by atoms with Crippen molar-refractivity contribution in [1.82, 2.24) is 9.97 Å². The number of thioether (sulfide) groups is 1. The third-order valence-corrected chi connectivity index (χ3v) is 7.02. The molecule has 0 radical (unpaired) electrons. The van der Waals surface area contributed by atoms with E-state index in [1.54, 1.807) is 36.4 Å². The lowest BCUT2D eigenvalue weighted by Crippen LogP contribution is -2.13. The van der Waals surface area contributed by atoms with E-state index in [4.69, 9.17) is 0 Å². The van der Waals surface area contributed by atoms with Crippen LogP contribution in [0.15, 0.2) is 88.7 Å². The van der Waals surface area contributed by atoms with Gasteiger partial charge in [0.2, 0.25) is 5.82 Å². The van der Waals surface area contributed by atoms with E-state index in [1.807, 2.05) is 24.5 Å². The predicted octanol–water partition coefficient (Wildman–Crippen LogP) is 6.62. The van der Waals surface area contributed by atoms with E-state index in [2.05, 4.69) is 9.97 Å². The highest BCUT2D eigenvalue weighted by Gasteiger charge is 2.37. The largest absolute Gasteiger partial charge is 0.451 e. The molecule has 0 fully saturated rings. The standard InChI is InChI=1S/C25H19F3N2O2S2/c1-33-19-12-8-17(9-13-19)22-21(16-6-4-3-5-7-16)23(30-24(29-22)25(26,27)28)18-10-14-20(15-11-18)34(2,31)32/h3-15H,1-2H3. The SMILES string of the molecule is CSc1ccc(-c2nc(C(F)(F)F)nc(-c3ccc(S(C)(=O)=O)cc3)c2-c2ccccc2)cc1. The average molecular weight is 501 g/mol. The van der Waals surface area contributed by atoms with Crippen LogP contribution < -0.4 is 0 Å². The Hall–Kier alpha value is -3.17. The molecule has 0 saturated heterocycles. The van der Waals surface area contributed by atoms with Crippen molar-refractivity contribution in [3.05, 3.63) is 84.7 Å². The lowest BCUT2D eigenvalue weighted by molar-refractivity contribution is -0.144. The first-order valence-corrected chi connectivity index (χ1v) is 13.2. The summed E-state index contributed by atoms with van der Waals surface area (Å²) >= 11 is 1.52. The highest BCUT2D eigenvalue weighted by molar-refractivity contribution is 7.98. The van der Waals surface area contributed by atoms with E-state index < -0.39 is 21.8 Å². The molecule has 4 aromatic rings. The third-order valence-electron chi connectivity index (χ3n) is 5.14. The summed E-state index contributed by atoms with van der Waals surface area (Å²) in [6.45, 7) is 0. The first-order valence-electron chi connectivity index (χ1n) is 10.1. The molecule has 0 atom stereocenters. The van der Waals surface area contributed by atoms with Crippen LogP contribution in [0.4, 0.5) is 13.2 Å². The Balaban J connectivity index is 2.06. The molecule has 9 heteroatoms. The number of benzene rings is 3. The van der Waals surface area contributed by atoms with Crippen molar-refractivity contribution in [3.63, 3.8) is 0 Å². The smallest absolute Gasteiger partial charge is 0.224 e. The fourth-order valence-electron chi connectivity index (χ4n) is 3.49. The van der Waals surface area contributed by atoms with Crippen LogP contribution in [0.25, 0.3) is 33.6 Å². The zero-order valence-electron chi connectivity index (χ0n) is 18.2. The lowest BCUT2D eigenvalue weighted by Gasteiger charge is -2.18. The molecule has 0 aliphatic heterocycles. The maximum absolute atomic E-state index is 13.8. The van der Waals surface area contributed by atoms with Crippen molar-refractivity contribution in [1.29, 1.82) is 0 Å². The van der Waals surface area contributed by atoms with Gasteiger partial charge in [-0.05, 0) is 36.1 Å². The topological polar surface area (TPSA) is 59.9 Å². The molecule has 4 rings (SSSR count). The number of halogens is 3. The molecule has 0 aliphatic rings. The second kappa shape index (κ2) is 9.23. The second-order valence-electron chi connectivity index (χ2n) is 7.51. The molecule has 0 amide bonds. The summed E-state index contributed by atoms with van der Waals surface area (Å²) in [6, 6.07) is 21.7. The molecule has 0 unspecified atom stereocenters. The van der Waals surface area contributed by atoms with E-state index in [0.717, 1.165) is 11.2 Å². The van der Waals surface area contributed by atoms with Crippen molar-refractivity contribution in [2.24, 2.45) is 0 Å². The molecule has 1 aromatic heterocycles. The molecule has 1 heterocycles. The van der Waals surface area contributed by atoms with Gasteiger partial charge in [-0.3, -0.25) is 0 Å². The van der Waals surface area contributed by atoms with Gasteiger partial charge in [0.1, 0.15) is 0 Å². The van der Waals surface area contributed by atoms with Gasteiger partial charge in [-0.25, -0.2) is 18.4 Å². The summed E-state index contributed by atoms with van der Waals surface area (Å²) in [5, 5.41) is 0. The van der Waals surface area contributed by atoms with Gasteiger partial charge in [0.05, 0.1) is 16.3 Å². The zero-order chi connectivity index (χ0) is 24.5. The number of sulfone groups is 1. The van der Waals surface area contributed by atoms with Crippen LogP contribution >= 0.6 is 11.8 Å². The van der Waals surface area contributed by atoms with Gasteiger partial charge >= 0.3 is 6.18 Å². The van der Waals surface area contributed by atoms with Gasteiger partial charge in [0, 0.05) is 27.8 Å². The Morgan fingerprint density at radius 2 is 1.24 bits per heavy atom. The van der Waals surface area contributed by atoms with Crippen molar-refractivity contribution >= 4 is 21.6 Å². The van der Waals surface area contributed by atoms with Crippen molar-refractivity contribution in [2.75, 3.05) is 12.5 Å². The molecule has 0 N–H and O–H groups in total. The quantitative estimate of drug-likeness (QED) is 0.288. The maximum atomic E-state index is 13.8. The van der Waals surface area contributed by atoms with E-state index in [-0.39, 0.29) is 16.3 Å². The Kier molecular flexibility index (Phi) is 6.51. The monoisotopic (exact) mass is 500 g/mol. The Labute approximate surface area is 199 Å². The molecular formula is C25H19F3N2O2S2. The summed E-state index contributed by atoms with van der Waals surface area (Å²) in [5.74, 6) is -1.27. The minimum absolute atomic E-state index is 0.0653. The summed E-state index contributed by atoms with van der Waals surface area (Å²) in [4.78, 5) is 8.89. The minimum atomic E-state index is -4.77. The summed E-state index contributed by atoms with van der Waals surface area (Å²) in [6.07, 6.45) is -1.79.